The molecule has 0 aliphatic carbocycles. The van der Waals surface area contributed by atoms with Crippen molar-refractivity contribution in [1.82, 2.24) is 4.98 Å². The van der Waals surface area contributed by atoms with Crippen LogP contribution in [0.25, 0.3) is 0 Å². The van der Waals surface area contributed by atoms with Crippen molar-refractivity contribution in [2.75, 3.05) is 0 Å². The highest BCUT2D eigenvalue weighted by Crippen LogP contribution is 2.11. The number of rotatable bonds is 2. The second-order valence-electron chi connectivity index (χ2n) is 1.16. The number of hydrogen-bond donors (Lipinski definition) is 0. The van der Waals surface area contributed by atoms with Crippen molar-refractivity contribution in [2.45, 2.75) is 6.61 Å². The van der Waals surface area contributed by atoms with Crippen LogP contribution in [0.2, 0.25) is 0 Å². The number of ether oxygens (including phenoxy) is 1. The van der Waals surface area contributed by atoms with Crippen LogP contribution in [0, 0.1) is 5.51 Å². The first-order valence-electron chi connectivity index (χ1n) is 2.05. The van der Waals surface area contributed by atoms with Gasteiger partial charge >= 0.3 is 6.61 Å². The van der Waals surface area contributed by atoms with Crippen LogP contribution in [-0.2, 0) is 0 Å². The number of aromatic nitrogens is 1. The molecule has 49 valence electrons. The van der Waals surface area contributed by atoms with Crippen molar-refractivity contribution < 1.29 is 13.5 Å². The van der Waals surface area contributed by atoms with Crippen molar-refractivity contribution in [3.8, 4) is 5.88 Å². The van der Waals surface area contributed by atoms with Gasteiger partial charge in [0, 0.05) is 0 Å². The number of hydrogen-bond acceptors (Lipinski definition) is 3. The van der Waals surface area contributed by atoms with E-state index in [0.717, 1.165) is 11.3 Å². The van der Waals surface area contributed by atoms with Gasteiger partial charge < -0.3 is 4.74 Å². The van der Waals surface area contributed by atoms with Gasteiger partial charge in [-0.1, -0.05) is 0 Å². The van der Waals surface area contributed by atoms with Crippen molar-refractivity contribution in [2.24, 2.45) is 0 Å². The molecule has 0 aliphatic heterocycles. The third-order valence-electron chi connectivity index (χ3n) is 0.578. The highest BCUT2D eigenvalue weighted by atomic mass is 32.1. The molecule has 0 aliphatic rings. The van der Waals surface area contributed by atoms with Gasteiger partial charge in [0.25, 0.3) is 0 Å². The number of halogens is 2. The summed E-state index contributed by atoms with van der Waals surface area (Å²) in [6, 6.07) is 0. The zero-order valence-electron chi connectivity index (χ0n) is 4.17. The standard InChI is InChI=1S/C4H2F2NOS/c5-4(6)8-3-1-9-2-7-3/h1,4H. The van der Waals surface area contributed by atoms with Crippen molar-refractivity contribution in [3.63, 3.8) is 0 Å². The first kappa shape index (κ1) is 6.41. The van der Waals surface area contributed by atoms with E-state index in [1.165, 1.54) is 5.38 Å². The second-order valence-corrected chi connectivity index (χ2v) is 1.81. The van der Waals surface area contributed by atoms with E-state index in [1.807, 2.05) is 0 Å². The van der Waals surface area contributed by atoms with Crippen LogP contribution in [0.15, 0.2) is 5.38 Å². The molecule has 0 amide bonds. The topological polar surface area (TPSA) is 22.1 Å². The molecule has 2 nitrogen and oxygen atoms in total. The molecule has 0 saturated heterocycles. The maximum atomic E-state index is 11.3. The summed E-state index contributed by atoms with van der Waals surface area (Å²) >= 11 is 1.09. The molecule has 0 aromatic carbocycles. The number of nitrogens with zero attached hydrogens (tertiary/aromatic N) is 1. The largest absolute Gasteiger partial charge is 0.416 e. The van der Waals surface area contributed by atoms with E-state index in [0.29, 0.717) is 0 Å². The molecule has 5 heteroatoms. The van der Waals surface area contributed by atoms with Gasteiger partial charge in [-0.2, -0.15) is 13.8 Å². The van der Waals surface area contributed by atoms with Crippen molar-refractivity contribution in [3.05, 3.63) is 10.9 Å². The normalized spacial score (nSPS) is 10.1. The van der Waals surface area contributed by atoms with Gasteiger partial charge in [0.2, 0.25) is 5.88 Å². The Hall–Kier alpha value is -0.710. The van der Waals surface area contributed by atoms with Crippen LogP contribution in [0.3, 0.4) is 0 Å². The summed E-state index contributed by atoms with van der Waals surface area (Å²) in [5, 5.41) is 1.35. The molecule has 0 saturated carbocycles. The Morgan fingerprint density at radius 2 is 2.56 bits per heavy atom. The van der Waals surface area contributed by atoms with Crippen LogP contribution in [0.1, 0.15) is 0 Å². The van der Waals surface area contributed by atoms with E-state index in [9.17, 15) is 8.78 Å². The van der Waals surface area contributed by atoms with E-state index >= 15 is 0 Å². The lowest BCUT2D eigenvalue weighted by atomic mass is 10.9. The monoisotopic (exact) mass is 150 g/mol. The lowest BCUT2D eigenvalue weighted by molar-refractivity contribution is -0.0524. The third kappa shape index (κ3) is 1.93. The third-order valence-corrected chi connectivity index (χ3v) is 1.09. The average molecular weight is 150 g/mol. The fourth-order valence-electron chi connectivity index (χ4n) is 0.320. The zero-order chi connectivity index (χ0) is 6.69. The Bertz CT molecular complexity index is 165. The Labute approximate surface area is 54.1 Å². The summed E-state index contributed by atoms with van der Waals surface area (Å²) in [6.45, 7) is -2.79. The van der Waals surface area contributed by atoms with E-state index in [2.05, 4.69) is 15.2 Å². The van der Waals surface area contributed by atoms with Crippen LogP contribution in [0.5, 0.6) is 5.88 Å². The Balaban J connectivity index is 2.48. The molecule has 1 aromatic rings. The predicted molar refractivity (Wildman–Crippen MR) is 27.6 cm³/mol. The summed E-state index contributed by atoms with van der Waals surface area (Å²) in [4.78, 5) is 3.35. The molecule has 1 rings (SSSR count). The zero-order valence-corrected chi connectivity index (χ0v) is 4.99. The van der Waals surface area contributed by atoms with Crippen LogP contribution in [0.4, 0.5) is 8.78 Å². The minimum absolute atomic E-state index is 0.0741. The highest BCUT2D eigenvalue weighted by Gasteiger charge is 2.03. The van der Waals surface area contributed by atoms with E-state index in [-0.39, 0.29) is 5.88 Å². The Morgan fingerprint density at radius 1 is 1.78 bits per heavy atom. The van der Waals surface area contributed by atoms with Gasteiger partial charge in [-0.3, -0.25) is 0 Å². The van der Waals surface area contributed by atoms with Crippen LogP contribution in [-0.4, -0.2) is 11.6 Å². The quantitative estimate of drug-likeness (QED) is 0.638. The summed E-state index contributed by atoms with van der Waals surface area (Å²) in [5.41, 5.74) is 2.37. The minimum Gasteiger partial charge on any atom is -0.416 e. The van der Waals surface area contributed by atoms with Gasteiger partial charge in [-0.25, -0.2) is 0 Å². The fourth-order valence-corrected chi connectivity index (χ4v) is 0.724. The van der Waals surface area contributed by atoms with E-state index in [1.54, 1.807) is 0 Å². The lowest BCUT2D eigenvalue weighted by Crippen LogP contribution is -2.01. The molecule has 0 spiro atoms. The van der Waals surface area contributed by atoms with Gasteiger partial charge in [-0.05, 0) is 0 Å². The Morgan fingerprint density at radius 3 is 3.00 bits per heavy atom. The molecule has 0 atom stereocenters. The molecule has 1 heterocycles. The molecular formula is C4H2F2NOS. The number of thiazole rings is 1. The SMILES string of the molecule is FC(F)Oc1cs[c]n1. The van der Waals surface area contributed by atoms with Crippen molar-refractivity contribution in [1.29, 1.82) is 0 Å². The summed E-state index contributed by atoms with van der Waals surface area (Å²) < 4.78 is 26.5. The molecule has 0 N–H and O–H groups in total. The molecule has 0 fully saturated rings. The maximum Gasteiger partial charge on any atom is 0.388 e. The van der Waals surface area contributed by atoms with Crippen molar-refractivity contribution >= 4 is 11.3 Å². The smallest absolute Gasteiger partial charge is 0.388 e. The Kier molecular flexibility index (Phi) is 1.94. The van der Waals surface area contributed by atoms with E-state index < -0.39 is 6.61 Å². The summed E-state index contributed by atoms with van der Waals surface area (Å²) in [6.07, 6.45) is 0. The van der Waals surface area contributed by atoms with Gasteiger partial charge in [0.05, 0.1) is 5.38 Å². The average Bonchev–Trinajstić information content (AvgIpc) is 2.15. The number of alkyl halides is 2. The second kappa shape index (κ2) is 2.72. The van der Waals surface area contributed by atoms with E-state index in [4.69, 9.17) is 0 Å². The molecular weight excluding hydrogens is 148 g/mol. The molecule has 0 bridgehead atoms. The minimum atomic E-state index is -2.79. The van der Waals surface area contributed by atoms with Crippen LogP contribution >= 0.6 is 11.3 Å². The molecule has 1 radical (unpaired) electrons. The van der Waals surface area contributed by atoms with Gasteiger partial charge in [0.15, 0.2) is 5.51 Å². The first-order valence-corrected chi connectivity index (χ1v) is 2.93. The predicted octanol–water partition coefficient (Wildman–Crippen LogP) is 1.54. The summed E-state index contributed by atoms with van der Waals surface area (Å²) in [5.74, 6) is -0.0741. The molecule has 9 heavy (non-hydrogen) atoms. The van der Waals surface area contributed by atoms with Crippen LogP contribution < -0.4 is 4.74 Å². The fraction of sp³-hybridized carbons (Fsp3) is 0.250. The molecule has 1 aromatic heterocycles. The van der Waals surface area contributed by atoms with Gasteiger partial charge in [-0.15, -0.1) is 11.3 Å². The van der Waals surface area contributed by atoms with Gasteiger partial charge in [0.1, 0.15) is 0 Å². The summed E-state index contributed by atoms with van der Waals surface area (Å²) in [7, 11) is 0. The molecule has 0 unspecified atom stereocenters. The maximum absolute atomic E-state index is 11.3. The highest BCUT2D eigenvalue weighted by molar-refractivity contribution is 7.07. The first-order chi connectivity index (χ1) is 4.29. The lowest BCUT2D eigenvalue weighted by Gasteiger charge is -1.96.